The normalized spacial score (nSPS) is 13.9. The van der Waals surface area contributed by atoms with E-state index in [4.69, 9.17) is 24.3 Å². The summed E-state index contributed by atoms with van der Waals surface area (Å²) in [5.74, 6) is -0.850. The lowest BCUT2D eigenvalue weighted by Crippen LogP contribution is -2.29. The maximum absolute atomic E-state index is 12.8. The first kappa shape index (κ1) is 95.8. The lowest BCUT2D eigenvalue weighted by Gasteiger charge is -2.19. The van der Waals surface area contributed by atoms with E-state index in [2.05, 4.69) is 208 Å². The molecule has 0 aliphatic rings. The Labute approximate surface area is 621 Å². The van der Waals surface area contributed by atoms with Crippen LogP contribution in [0, 0.1) is 0 Å². The molecule has 0 rings (SSSR count). The van der Waals surface area contributed by atoms with E-state index >= 15 is 0 Å². The molecule has 0 aliphatic carbocycles. The monoisotopic (exact) mass is 1420 g/mol. The minimum absolute atomic E-state index is 0.0425. The van der Waals surface area contributed by atoms with Crippen LogP contribution in [-0.4, -0.2) is 49.3 Å². The molecule has 0 fully saturated rings. The van der Waals surface area contributed by atoms with Gasteiger partial charge in [0.05, 0.1) is 13.2 Å². The van der Waals surface area contributed by atoms with Crippen LogP contribution in [0.25, 0.3) is 0 Å². The molecule has 101 heavy (non-hydrogen) atoms. The van der Waals surface area contributed by atoms with E-state index in [1.54, 1.807) is 0 Å². The van der Waals surface area contributed by atoms with Gasteiger partial charge in [-0.15, -0.1) is 0 Å². The van der Waals surface area contributed by atoms with Crippen LogP contribution in [0.4, 0.5) is 0 Å². The average Bonchev–Trinajstić information content (AvgIpc) is 1.01. The number of carbonyl (C=O) groups excluding carboxylic acids is 2. The van der Waals surface area contributed by atoms with Crippen molar-refractivity contribution in [1.82, 2.24) is 0 Å². The molecule has 0 bridgehead atoms. The molecular weight excluding hydrogens is 1270 g/mol. The minimum Gasteiger partial charge on any atom is -0.462 e. The molecule has 10 heteroatoms. The third-order valence-corrected chi connectivity index (χ3v) is 18.0. The van der Waals surface area contributed by atoms with Crippen molar-refractivity contribution in [3.63, 3.8) is 0 Å². The van der Waals surface area contributed by atoms with Crippen molar-refractivity contribution in [3.05, 3.63) is 194 Å². The molecule has 0 saturated carbocycles. The van der Waals surface area contributed by atoms with E-state index in [-0.39, 0.29) is 38.6 Å². The molecule has 0 aromatic rings. The fraction of sp³-hybridized carbons (Fsp3) is 0.626. The van der Waals surface area contributed by atoms with E-state index in [9.17, 15) is 19.0 Å². The summed E-state index contributed by atoms with van der Waals surface area (Å²) in [7, 11) is -4.41. The van der Waals surface area contributed by atoms with Gasteiger partial charge in [0.2, 0.25) is 0 Å². The number of unbranched alkanes of at least 4 members (excludes halogenated alkanes) is 30. The van der Waals surface area contributed by atoms with E-state index in [1.165, 1.54) is 148 Å². The molecule has 0 spiro atoms. The maximum Gasteiger partial charge on any atom is 0.472 e. The highest BCUT2D eigenvalue weighted by Crippen LogP contribution is 2.43. The number of hydrogen-bond donors (Lipinski definition) is 2. The predicted molar refractivity (Wildman–Crippen MR) is 440 cm³/mol. The number of rotatable bonds is 75. The van der Waals surface area contributed by atoms with E-state index in [0.29, 0.717) is 6.42 Å². The van der Waals surface area contributed by atoms with Crippen molar-refractivity contribution in [3.8, 4) is 0 Å². The van der Waals surface area contributed by atoms with Gasteiger partial charge in [0.1, 0.15) is 6.61 Å². The predicted octanol–water partition coefficient (Wildman–Crippen LogP) is 28.0. The largest absolute Gasteiger partial charge is 0.472 e. The van der Waals surface area contributed by atoms with Crippen LogP contribution in [0.1, 0.15) is 335 Å². The highest BCUT2D eigenvalue weighted by Gasteiger charge is 2.26. The molecule has 0 saturated heterocycles. The van der Waals surface area contributed by atoms with Gasteiger partial charge in [0.25, 0.3) is 0 Å². The van der Waals surface area contributed by atoms with Gasteiger partial charge >= 0.3 is 19.8 Å². The second-order valence-corrected chi connectivity index (χ2v) is 28.0. The molecule has 2 unspecified atom stereocenters. The summed E-state index contributed by atoms with van der Waals surface area (Å²) in [6.07, 6.45) is 127. The molecule has 572 valence electrons. The smallest absolute Gasteiger partial charge is 0.462 e. The highest BCUT2D eigenvalue weighted by molar-refractivity contribution is 7.47. The summed E-state index contributed by atoms with van der Waals surface area (Å²) < 4.78 is 33.3. The van der Waals surface area contributed by atoms with Crippen molar-refractivity contribution in [2.45, 2.75) is 341 Å². The van der Waals surface area contributed by atoms with Crippen LogP contribution in [0.2, 0.25) is 0 Å². The fourth-order valence-electron chi connectivity index (χ4n) is 11.0. The molecule has 3 N–H and O–H groups in total. The molecule has 0 radical (unpaired) electrons. The molecule has 0 heterocycles. The number of nitrogens with two attached hydrogens (primary N) is 1. The summed E-state index contributed by atoms with van der Waals surface area (Å²) in [5, 5.41) is 0. The molecule has 0 aromatic carbocycles. The summed E-state index contributed by atoms with van der Waals surface area (Å²) >= 11 is 0. The Morgan fingerprint density at radius 2 is 0.515 bits per heavy atom. The van der Waals surface area contributed by atoms with Gasteiger partial charge in [-0.1, -0.05) is 375 Å². The van der Waals surface area contributed by atoms with Crippen LogP contribution in [-0.2, 0) is 32.7 Å². The third kappa shape index (κ3) is 83.7. The van der Waals surface area contributed by atoms with Gasteiger partial charge in [-0.3, -0.25) is 18.6 Å². The van der Waals surface area contributed by atoms with Crippen molar-refractivity contribution in [1.29, 1.82) is 0 Å². The molecule has 2 atom stereocenters. The number of esters is 2. The number of carbonyl (C=O) groups is 2. The van der Waals surface area contributed by atoms with Crippen molar-refractivity contribution >= 4 is 19.8 Å². The Balaban J connectivity index is 3.89. The first-order valence-electron chi connectivity index (χ1n) is 40.9. The third-order valence-electron chi connectivity index (χ3n) is 17.0. The first-order valence-corrected chi connectivity index (χ1v) is 42.4. The van der Waals surface area contributed by atoms with Gasteiger partial charge in [-0.2, -0.15) is 0 Å². The van der Waals surface area contributed by atoms with Gasteiger partial charge in [-0.25, -0.2) is 4.57 Å². The van der Waals surface area contributed by atoms with Crippen LogP contribution in [0.15, 0.2) is 194 Å². The van der Waals surface area contributed by atoms with Crippen molar-refractivity contribution in [2.24, 2.45) is 5.73 Å². The van der Waals surface area contributed by atoms with Gasteiger partial charge in [-0.05, 0) is 141 Å². The van der Waals surface area contributed by atoms with E-state index in [0.717, 1.165) is 154 Å². The molecule has 0 amide bonds. The number of allylic oxidation sites excluding steroid dienone is 32. The maximum atomic E-state index is 12.8. The second-order valence-electron chi connectivity index (χ2n) is 26.5. The molecule has 0 aromatic heterocycles. The van der Waals surface area contributed by atoms with Crippen LogP contribution >= 0.6 is 7.82 Å². The summed E-state index contributed by atoms with van der Waals surface area (Å²) in [5.41, 5.74) is 5.41. The molecular formula is C91H150NO8P. The van der Waals surface area contributed by atoms with Crippen LogP contribution < -0.4 is 5.73 Å². The first-order chi connectivity index (χ1) is 49.8. The number of ether oxygens (including phenoxy) is 2. The standard InChI is InChI=1S/C91H150NO8P/c1-3-5-7-9-11-13-15-17-19-21-23-25-27-29-31-33-35-37-39-41-43-44-46-47-49-51-53-55-57-59-61-63-65-67-69-71-73-75-77-79-81-83-90(93)97-87-89(88-99-101(95,96)98-86-85-92)100-91(94)84-82-80-78-76-74-72-70-68-66-64-62-60-58-56-54-52-50-48-45-42-40-38-36-34-32-30-28-26-24-22-20-18-16-14-12-10-8-6-4-2/h5-8,11-14,17-20,23-26,29-32,36,38,42,45,50,52,56,58,62,64,68,70,89H,3-4,9-10,15-16,21-22,27-28,33-35,37,39-41,43-44,46-49,51,53-55,57,59-61,63,65-67,69,71-88,92H2,1-2H3,(H,95,96)/b7-5-,8-6-,13-11-,14-12-,19-17-,20-18-,25-23-,26-24-,31-29-,32-30-,38-36-,45-42-,52-50-,58-56-,64-62-,70-68-. The summed E-state index contributed by atoms with van der Waals surface area (Å²) in [4.78, 5) is 35.5. The Morgan fingerprint density at radius 3 is 0.762 bits per heavy atom. The number of hydrogen-bond acceptors (Lipinski definition) is 8. The SMILES string of the molecule is CC/C=C\C/C=C\C/C=C\C/C=C\C/C=C\C/C=C\C/C=C\C/C=C\C/C=C\C/C=C\C/C=C\CCCCCCCC(=O)OC(COC(=O)CCCCCCCCCCCCCCCCCCCCCCCCCCC/C=C\C/C=C\C/C=C\C/C=C\C/C=C\CC)COP(=O)(O)OCCN. The topological polar surface area (TPSA) is 134 Å². The fourth-order valence-corrected chi connectivity index (χ4v) is 11.8. The highest BCUT2D eigenvalue weighted by atomic mass is 31.2. The van der Waals surface area contributed by atoms with Crippen molar-refractivity contribution < 1.29 is 37.6 Å². The zero-order chi connectivity index (χ0) is 72.9. The Hall–Kier alpha value is -5.15. The average molecular weight is 1420 g/mol. The van der Waals surface area contributed by atoms with E-state index in [1.807, 2.05) is 0 Å². The number of phosphoric ester groups is 1. The Morgan fingerprint density at radius 1 is 0.297 bits per heavy atom. The summed E-state index contributed by atoms with van der Waals surface area (Å²) in [6, 6.07) is 0. The quantitative estimate of drug-likeness (QED) is 0.0264. The zero-order valence-electron chi connectivity index (χ0n) is 64.6. The Bertz CT molecular complexity index is 2370. The van der Waals surface area contributed by atoms with Crippen molar-refractivity contribution in [2.75, 3.05) is 26.4 Å². The molecule has 9 nitrogen and oxygen atoms in total. The van der Waals surface area contributed by atoms with E-state index < -0.39 is 26.5 Å². The second kappa shape index (κ2) is 83.8. The minimum atomic E-state index is -4.41. The van der Waals surface area contributed by atoms with Crippen LogP contribution in [0.5, 0.6) is 0 Å². The van der Waals surface area contributed by atoms with Crippen LogP contribution in [0.3, 0.4) is 0 Å². The van der Waals surface area contributed by atoms with Gasteiger partial charge in [0, 0.05) is 19.4 Å². The summed E-state index contributed by atoms with van der Waals surface area (Å²) in [6.45, 7) is 3.50. The number of phosphoric acid groups is 1. The van der Waals surface area contributed by atoms with Gasteiger partial charge < -0.3 is 20.1 Å². The lowest BCUT2D eigenvalue weighted by atomic mass is 10.0. The zero-order valence-corrected chi connectivity index (χ0v) is 65.5. The van der Waals surface area contributed by atoms with Gasteiger partial charge in [0.15, 0.2) is 6.10 Å². The Kier molecular flexibility index (Phi) is 79.5. The molecule has 0 aliphatic heterocycles. The lowest BCUT2D eigenvalue weighted by molar-refractivity contribution is -0.161.